The lowest BCUT2D eigenvalue weighted by atomic mass is 10.0. The first-order chi connectivity index (χ1) is 10.4. The van der Waals surface area contributed by atoms with Gasteiger partial charge >= 0.3 is 5.97 Å². The van der Waals surface area contributed by atoms with Gasteiger partial charge in [-0.05, 0) is 57.4 Å². The lowest BCUT2D eigenvalue weighted by molar-refractivity contribution is -0.134. The number of aliphatic imine (C=N–C) groups is 1. The molecule has 0 aliphatic carbocycles. The molecule has 4 heteroatoms. The molecule has 0 unspecified atom stereocenters. The van der Waals surface area contributed by atoms with Gasteiger partial charge in [-0.3, -0.25) is 0 Å². The van der Waals surface area contributed by atoms with Crippen molar-refractivity contribution in [1.82, 2.24) is 4.98 Å². The Bertz CT molecular complexity index is 703. The van der Waals surface area contributed by atoms with Crippen LogP contribution in [0.2, 0.25) is 0 Å². The number of nitrogens with one attached hydrogen (secondary N) is 1. The first kappa shape index (κ1) is 16.0. The standard InChI is InChI=1S/C18H22N2O2/c1-6-22-18(21)17(16-12(3)7-8-19-16)20-15-13(4)9-11(2)10-14(15)5/h7-10,19H,6H2,1-5H3. The van der Waals surface area contributed by atoms with Gasteiger partial charge in [0.25, 0.3) is 0 Å². The van der Waals surface area contributed by atoms with E-state index in [0.29, 0.717) is 18.0 Å². The predicted molar refractivity (Wildman–Crippen MR) is 89.0 cm³/mol. The molecule has 0 spiro atoms. The highest BCUT2D eigenvalue weighted by atomic mass is 16.5. The predicted octanol–water partition coefficient (Wildman–Crippen LogP) is 3.93. The molecule has 0 saturated carbocycles. The number of H-pyrrole nitrogens is 1. The molecule has 0 bridgehead atoms. The Kier molecular flexibility index (Phi) is 4.81. The summed E-state index contributed by atoms with van der Waals surface area (Å²) in [5, 5.41) is 0. The Balaban J connectivity index is 2.59. The molecule has 2 rings (SSSR count). The first-order valence-electron chi connectivity index (χ1n) is 7.42. The molecule has 1 N–H and O–H groups in total. The molecule has 1 aromatic carbocycles. The van der Waals surface area contributed by atoms with Gasteiger partial charge in [-0.1, -0.05) is 17.7 Å². The highest BCUT2D eigenvalue weighted by Gasteiger charge is 2.19. The van der Waals surface area contributed by atoms with Crippen molar-refractivity contribution in [2.24, 2.45) is 4.99 Å². The van der Waals surface area contributed by atoms with Crippen LogP contribution in [0.3, 0.4) is 0 Å². The number of hydrogen-bond acceptors (Lipinski definition) is 3. The van der Waals surface area contributed by atoms with E-state index in [1.807, 2.05) is 26.8 Å². The number of carbonyl (C=O) groups excluding carboxylic acids is 1. The van der Waals surface area contributed by atoms with Gasteiger partial charge in [0.05, 0.1) is 18.0 Å². The average molecular weight is 298 g/mol. The topological polar surface area (TPSA) is 54.4 Å². The van der Waals surface area contributed by atoms with E-state index in [-0.39, 0.29) is 0 Å². The number of rotatable bonds is 4. The molecule has 22 heavy (non-hydrogen) atoms. The largest absolute Gasteiger partial charge is 0.461 e. The summed E-state index contributed by atoms with van der Waals surface area (Å²) in [6.45, 7) is 10.1. The van der Waals surface area contributed by atoms with E-state index < -0.39 is 5.97 Å². The molecule has 0 saturated heterocycles. The zero-order valence-corrected chi connectivity index (χ0v) is 13.8. The third kappa shape index (κ3) is 3.27. The summed E-state index contributed by atoms with van der Waals surface area (Å²) in [6.07, 6.45) is 1.80. The minimum atomic E-state index is -0.410. The highest BCUT2D eigenvalue weighted by molar-refractivity contribution is 6.43. The van der Waals surface area contributed by atoms with Crippen LogP contribution < -0.4 is 0 Å². The van der Waals surface area contributed by atoms with Gasteiger partial charge in [-0.25, -0.2) is 9.79 Å². The fourth-order valence-electron chi connectivity index (χ4n) is 2.57. The van der Waals surface area contributed by atoms with E-state index in [0.717, 1.165) is 22.4 Å². The molecule has 0 aliphatic heterocycles. The zero-order valence-electron chi connectivity index (χ0n) is 13.8. The molecule has 0 radical (unpaired) electrons. The fourth-order valence-corrected chi connectivity index (χ4v) is 2.57. The maximum atomic E-state index is 12.3. The molecular formula is C18H22N2O2. The molecule has 2 aromatic rings. The SMILES string of the molecule is CCOC(=O)C(=Nc1c(C)cc(C)cc1C)c1[nH]ccc1C. The van der Waals surface area contributed by atoms with Crippen LogP contribution in [0.4, 0.5) is 5.69 Å². The quantitative estimate of drug-likeness (QED) is 0.686. The Morgan fingerprint density at radius 3 is 2.27 bits per heavy atom. The Morgan fingerprint density at radius 1 is 1.14 bits per heavy atom. The van der Waals surface area contributed by atoms with E-state index in [1.165, 1.54) is 5.56 Å². The highest BCUT2D eigenvalue weighted by Crippen LogP contribution is 2.26. The van der Waals surface area contributed by atoms with Crippen molar-refractivity contribution < 1.29 is 9.53 Å². The molecule has 4 nitrogen and oxygen atoms in total. The van der Waals surface area contributed by atoms with Crippen molar-refractivity contribution in [1.29, 1.82) is 0 Å². The third-order valence-electron chi connectivity index (χ3n) is 3.52. The number of esters is 1. The number of aromatic amines is 1. The second-order valence-corrected chi connectivity index (χ2v) is 5.46. The Morgan fingerprint density at radius 2 is 1.77 bits per heavy atom. The molecule has 1 heterocycles. The molecule has 0 amide bonds. The maximum Gasteiger partial charge on any atom is 0.359 e. The van der Waals surface area contributed by atoms with E-state index in [4.69, 9.17) is 4.74 Å². The number of carbonyl (C=O) groups is 1. The van der Waals surface area contributed by atoms with Crippen LogP contribution in [0.15, 0.2) is 29.4 Å². The van der Waals surface area contributed by atoms with Crippen molar-refractivity contribution in [2.45, 2.75) is 34.6 Å². The minimum Gasteiger partial charge on any atom is -0.461 e. The van der Waals surface area contributed by atoms with Gasteiger partial charge in [0, 0.05) is 6.20 Å². The van der Waals surface area contributed by atoms with Crippen molar-refractivity contribution in [3.63, 3.8) is 0 Å². The smallest absolute Gasteiger partial charge is 0.359 e. The van der Waals surface area contributed by atoms with Gasteiger partial charge in [-0.15, -0.1) is 0 Å². The lowest BCUT2D eigenvalue weighted by Gasteiger charge is -2.10. The van der Waals surface area contributed by atoms with Crippen LogP contribution in [0, 0.1) is 27.7 Å². The zero-order chi connectivity index (χ0) is 16.3. The van der Waals surface area contributed by atoms with Crippen LogP contribution in [0.5, 0.6) is 0 Å². The van der Waals surface area contributed by atoms with Crippen molar-refractivity contribution in [3.8, 4) is 0 Å². The van der Waals surface area contributed by atoms with E-state index in [1.54, 1.807) is 13.1 Å². The van der Waals surface area contributed by atoms with Gasteiger partial charge in [0.15, 0.2) is 5.71 Å². The molecule has 0 atom stereocenters. The second kappa shape index (κ2) is 6.60. The van der Waals surface area contributed by atoms with E-state index >= 15 is 0 Å². The molecular weight excluding hydrogens is 276 g/mol. The second-order valence-electron chi connectivity index (χ2n) is 5.46. The van der Waals surface area contributed by atoms with E-state index in [9.17, 15) is 4.79 Å². The monoisotopic (exact) mass is 298 g/mol. The summed E-state index contributed by atoms with van der Waals surface area (Å²) < 4.78 is 5.17. The van der Waals surface area contributed by atoms with Gasteiger partial charge in [0.1, 0.15) is 0 Å². The summed E-state index contributed by atoms with van der Waals surface area (Å²) in [5.41, 5.74) is 6.09. The van der Waals surface area contributed by atoms with Crippen LogP contribution in [-0.4, -0.2) is 23.3 Å². The summed E-state index contributed by atoms with van der Waals surface area (Å²) in [6, 6.07) is 6.05. The van der Waals surface area contributed by atoms with E-state index in [2.05, 4.69) is 29.0 Å². The fraction of sp³-hybridized carbons (Fsp3) is 0.333. The van der Waals surface area contributed by atoms with Crippen LogP contribution >= 0.6 is 0 Å². The van der Waals surface area contributed by atoms with Crippen LogP contribution in [0.25, 0.3) is 0 Å². The number of benzene rings is 1. The summed E-state index contributed by atoms with van der Waals surface area (Å²) >= 11 is 0. The molecule has 1 aromatic heterocycles. The average Bonchev–Trinajstić information content (AvgIpc) is 2.84. The number of hydrogen-bond donors (Lipinski definition) is 1. The van der Waals surface area contributed by atoms with Crippen LogP contribution in [0.1, 0.15) is 34.9 Å². The first-order valence-corrected chi connectivity index (χ1v) is 7.42. The van der Waals surface area contributed by atoms with Crippen molar-refractivity contribution in [2.75, 3.05) is 6.61 Å². The number of ether oxygens (including phenoxy) is 1. The van der Waals surface area contributed by atoms with Crippen LogP contribution in [-0.2, 0) is 9.53 Å². The van der Waals surface area contributed by atoms with Crippen molar-refractivity contribution >= 4 is 17.4 Å². The van der Waals surface area contributed by atoms with Gasteiger partial charge in [-0.2, -0.15) is 0 Å². The summed E-state index contributed by atoms with van der Waals surface area (Å²) in [4.78, 5) is 20.0. The molecule has 0 fully saturated rings. The Labute approximate surface area is 131 Å². The number of nitrogens with zero attached hydrogens (tertiary/aromatic N) is 1. The summed E-state index contributed by atoms with van der Waals surface area (Å²) in [5.74, 6) is -0.410. The molecule has 0 aliphatic rings. The molecule has 116 valence electrons. The minimum absolute atomic E-state index is 0.319. The lowest BCUT2D eigenvalue weighted by Crippen LogP contribution is -2.20. The third-order valence-corrected chi connectivity index (χ3v) is 3.52. The Hall–Kier alpha value is -2.36. The van der Waals surface area contributed by atoms with Gasteiger partial charge in [0.2, 0.25) is 0 Å². The summed E-state index contributed by atoms with van der Waals surface area (Å²) in [7, 11) is 0. The van der Waals surface area contributed by atoms with Crippen molar-refractivity contribution in [3.05, 3.63) is 52.3 Å². The normalized spacial score (nSPS) is 11.6. The van der Waals surface area contributed by atoms with Gasteiger partial charge < -0.3 is 9.72 Å². The maximum absolute atomic E-state index is 12.3. The number of aryl methyl sites for hydroxylation is 4. The number of aromatic nitrogens is 1.